The van der Waals surface area contributed by atoms with E-state index in [2.05, 4.69) is 17.3 Å². The van der Waals surface area contributed by atoms with Gasteiger partial charge < -0.3 is 15.0 Å². The van der Waals surface area contributed by atoms with Gasteiger partial charge in [0.15, 0.2) is 0 Å². The Balaban J connectivity index is 1.78. The molecule has 4 nitrogen and oxygen atoms in total. The number of esters is 1. The zero-order chi connectivity index (χ0) is 12.3. The molecule has 2 unspecified atom stereocenters. The third kappa shape index (κ3) is 3.42. The number of carbonyl (C=O) groups is 1. The van der Waals surface area contributed by atoms with Crippen LogP contribution in [0.15, 0.2) is 0 Å². The highest BCUT2D eigenvalue weighted by molar-refractivity contribution is 5.72. The lowest BCUT2D eigenvalue weighted by atomic mass is 9.85. The minimum absolute atomic E-state index is 0.0395. The average molecular weight is 240 g/mol. The number of nitrogens with one attached hydrogen (secondary N) is 1. The van der Waals surface area contributed by atoms with E-state index in [-0.39, 0.29) is 11.9 Å². The fraction of sp³-hybridized carbons (Fsp3) is 0.923. The first-order valence-electron chi connectivity index (χ1n) is 6.68. The molecule has 0 bridgehead atoms. The van der Waals surface area contributed by atoms with Gasteiger partial charge in [-0.25, -0.2) is 0 Å². The molecule has 0 spiro atoms. The van der Waals surface area contributed by atoms with E-state index in [1.165, 1.54) is 26.4 Å². The van der Waals surface area contributed by atoms with E-state index in [0.717, 1.165) is 32.0 Å². The van der Waals surface area contributed by atoms with E-state index < -0.39 is 0 Å². The third-order valence-corrected chi connectivity index (χ3v) is 4.09. The maximum absolute atomic E-state index is 11.6. The summed E-state index contributed by atoms with van der Waals surface area (Å²) in [4.78, 5) is 13.8. The van der Waals surface area contributed by atoms with Gasteiger partial charge in [0.25, 0.3) is 0 Å². The summed E-state index contributed by atoms with van der Waals surface area (Å²) in [6.45, 7) is 2.99. The van der Waals surface area contributed by atoms with E-state index in [4.69, 9.17) is 4.74 Å². The molecule has 0 aromatic carbocycles. The first-order chi connectivity index (χ1) is 8.19. The van der Waals surface area contributed by atoms with Crippen LogP contribution in [-0.2, 0) is 9.53 Å². The summed E-state index contributed by atoms with van der Waals surface area (Å²) in [7, 11) is 3.56. The van der Waals surface area contributed by atoms with Crippen LogP contribution >= 0.6 is 0 Å². The van der Waals surface area contributed by atoms with Gasteiger partial charge in [0.1, 0.15) is 0 Å². The highest BCUT2D eigenvalue weighted by Crippen LogP contribution is 2.26. The third-order valence-electron chi connectivity index (χ3n) is 4.09. The smallest absolute Gasteiger partial charge is 0.310 e. The summed E-state index contributed by atoms with van der Waals surface area (Å²) in [5.41, 5.74) is 0. The van der Waals surface area contributed by atoms with Crippen molar-refractivity contribution in [1.29, 1.82) is 0 Å². The molecule has 1 aliphatic carbocycles. The van der Waals surface area contributed by atoms with Gasteiger partial charge in [-0.15, -0.1) is 0 Å². The molecule has 1 saturated heterocycles. The SMILES string of the molecule is COC(=O)C1CC(NCC2CCC2)CN(C)C1. The number of carbonyl (C=O) groups excluding carboxylic acids is 1. The minimum Gasteiger partial charge on any atom is -0.469 e. The Morgan fingerprint density at radius 1 is 1.41 bits per heavy atom. The molecular formula is C13H24N2O2. The van der Waals surface area contributed by atoms with Crippen LogP contribution in [0.5, 0.6) is 0 Å². The molecule has 2 rings (SSSR count). The molecule has 0 aromatic heterocycles. The Morgan fingerprint density at radius 2 is 2.18 bits per heavy atom. The van der Waals surface area contributed by atoms with Gasteiger partial charge in [-0.05, 0) is 38.8 Å². The Bertz CT molecular complexity index is 266. The van der Waals surface area contributed by atoms with Crippen LogP contribution in [0, 0.1) is 11.8 Å². The molecule has 0 radical (unpaired) electrons. The minimum atomic E-state index is -0.0630. The van der Waals surface area contributed by atoms with Crippen LogP contribution in [-0.4, -0.2) is 50.7 Å². The number of likely N-dealkylation sites (tertiary alicyclic amines) is 1. The molecule has 0 aromatic rings. The lowest BCUT2D eigenvalue weighted by Gasteiger charge is -2.36. The van der Waals surface area contributed by atoms with Crippen LogP contribution in [0.4, 0.5) is 0 Å². The van der Waals surface area contributed by atoms with Gasteiger partial charge in [-0.1, -0.05) is 6.42 Å². The summed E-state index contributed by atoms with van der Waals surface area (Å²) in [5.74, 6) is 0.850. The van der Waals surface area contributed by atoms with Gasteiger partial charge in [0, 0.05) is 19.1 Å². The summed E-state index contributed by atoms with van der Waals surface area (Å²) in [5, 5.41) is 3.61. The molecule has 1 N–H and O–H groups in total. The van der Waals surface area contributed by atoms with Gasteiger partial charge in [0.05, 0.1) is 13.0 Å². The van der Waals surface area contributed by atoms with Gasteiger partial charge in [0.2, 0.25) is 0 Å². The molecule has 4 heteroatoms. The van der Waals surface area contributed by atoms with Crippen molar-refractivity contribution in [2.75, 3.05) is 33.8 Å². The molecule has 1 heterocycles. The van der Waals surface area contributed by atoms with Crippen molar-refractivity contribution < 1.29 is 9.53 Å². The number of rotatable bonds is 4. The fourth-order valence-corrected chi connectivity index (χ4v) is 2.84. The summed E-state index contributed by atoms with van der Waals surface area (Å²) in [6, 6.07) is 0.443. The highest BCUT2D eigenvalue weighted by Gasteiger charge is 2.31. The van der Waals surface area contributed by atoms with Crippen molar-refractivity contribution in [3.05, 3.63) is 0 Å². The van der Waals surface area contributed by atoms with Crippen LogP contribution in [0.2, 0.25) is 0 Å². The van der Waals surface area contributed by atoms with E-state index >= 15 is 0 Å². The second-order valence-corrected chi connectivity index (χ2v) is 5.58. The lowest BCUT2D eigenvalue weighted by Crippen LogP contribution is -2.50. The van der Waals surface area contributed by atoms with Gasteiger partial charge in [-0.3, -0.25) is 4.79 Å². The molecule has 17 heavy (non-hydrogen) atoms. The van der Waals surface area contributed by atoms with E-state index in [1.807, 2.05) is 0 Å². The molecule has 98 valence electrons. The standard InChI is InChI=1S/C13H24N2O2/c1-15-8-11(13(16)17-2)6-12(9-15)14-7-10-4-3-5-10/h10-12,14H,3-9H2,1-2H3. The molecular weight excluding hydrogens is 216 g/mol. The maximum Gasteiger partial charge on any atom is 0.310 e. The topological polar surface area (TPSA) is 41.6 Å². The van der Waals surface area contributed by atoms with Crippen LogP contribution in [0.3, 0.4) is 0 Å². The normalized spacial score (nSPS) is 30.9. The fourth-order valence-electron chi connectivity index (χ4n) is 2.84. The number of piperidine rings is 1. The number of nitrogens with zero attached hydrogens (tertiary/aromatic N) is 1. The monoisotopic (exact) mass is 240 g/mol. The average Bonchev–Trinajstić information content (AvgIpc) is 2.25. The predicted molar refractivity (Wildman–Crippen MR) is 66.8 cm³/mol. The van der Waals surface area contributed by atoms with Crippen molar-refractivity contribution in [2.45, 2.75) is 31.7 Å². The zero-order valence-electron chi connectivity index (χ0n) is 10.9. The Kier molecular flexibility index (Phi) is 4.40. The zero-order valence-corrected chi connectivity index (χ0v) is 10.9. The largest absolute Gasteiger partial charge is 0.469 e. The Hall–Kier alpha value is -0.610. The second kappa shape index (κ2) is 5.83. The quantitative estimate of drug-likeness (QED) is 0.740. The van der Waals surface area contributed by atoms with Gasteiger partial charge >= 0.3 is 5.97 Å². The molecule has 2 fully saturated rings. The van der Waals surface area contributed by atoms with Crippen LogP contribution < -0.4 is 5.32 Å². The highest BCUT2D eigenvalue weighted by atomic mass is 16.5. The number of likely N-dealkylation sites (N-methyl/N-ethyl adjacent to an activating group) is 1. The molecule has 1 aliphatic heterocycles. The number of ether oxygens (including phenoxy) is 1. The van der Waals surface area contributed by atoms with Crippen molar-refractivity contribution in [2.24, 2.45) is 11.8 Å². The van der Waals surface area contributed by atoms with E-state index in [9.17, 15) is 4.79 Å². The molecule has 2 atom stereocenters. The van der Waals surface area contributed by atoms with Crippen LogP contribution in [0.1, 0.15) is 25.7 Å². The Morgan fingerprint density at radius 3 is 2.76 bits per heavy atom. The summed E-state index contributed by atoms with van der Waals surface area (Å²) < 4.78 is 4.85. The molecule has 0 amide bonds. The predicted octanol–water partition coefficient (Wildman–Crippen LogP) is 0.869. The number of methoxy groups -OCH3 is 1. The van der Waals surface area contributed by atoms with Crippen molar-refractivity contribution >= 4 is 5.97 Å². The Labute approximate surface area is 104 Å². The maximum atomic E-state index is 11.6. The van der Waals surface area contributed by atoms with E-state index in [0.29, 0.717) is 6.04 Å². The first kappa shape index (κ1) is 12.8. The number of hydrogen-bond donors (Lipinski definition) is 1. The van der Waals surface area contributed by atoms with Gasteiger partial charge in [-0.2, -0.15) is 0 Å². The lowest BCUT2D eigenvalue weighted by molar-refractivity contribution is -0.147. The van der Waals surface area contributed by atoms with E-state index in [1.54, 1.807) is 0 Å². The van der Waals surface area contributed by atoms with Crippen molar-refractivity contribution in [1.82, 2.24) is 10.2 Å². The van der Waals surface area contributed by atoms with Crippen LogP contribution in [0.25, 0.3) is 0 Å². The summed E-state index contributed by atoms with van der Waals surface area (Å²) >= 11 is 0. The van der Waals surface area contributed by atoms with Crippen molar-refractivity contribution in [3.8, 4) is 0 Å². The van der Waals surface area contributed by atoms with Crippen molar-refractivity contribution in [3.63, 3.8) is 0 Å². The molecule has 2 aliphatic rings. The first-order valence-corrected chi connectivity index (χ1v) is 6.68. The summed E-state index contributed by atoms with van der Waals surface area (Å²) in [6.07, 6.45) is 5.05. The second-order valence-electron chi connectivity index (χ2n) is 5.58. The number of hydrogen-bond acceptors (Lipinski definition) is 4. The molecule has 1 saturated carbocycles.